The van der Waals surface area contributed by atoms with Gasteiger partial charge in [0.15, 0.2) is 5.82 Å². The number of fused-ring (bicyclic) bond motifs is 1. The number of aryl methyl sites for hydroxylation is 1. The number of anilines is 1. The zero-order chi connectivity index (χ0) is 14.3. The molecule has 0 aromatic carbocycles. The number of nitrogens with one attached hydrogen (secondary N) is 1. The molecular weight excluding hydrogens is 338 g/mol. The van der Waals surface area contributed by atoms with Crippen LogP contribution in [0.3, 0.4) is 0 Å². The van der Waals surface area contributed by atoms with Gasteiger partial charge in [-0.15, -0.1) is 11.3 Å². The molecule has 3 rings (SSSR count). The van der Waals surface area contributed by atoms with Crippen LogP contribution in [0.1, 0.15) is 17.2 Å². The average Bonchev–Trinajstić information content (AvgIpc) is 2.99. The lowest BCUT2D eigenvalue weighted by Crippen LogP contribution is -2.09. The molecule has 104 valence electrons. The van der Waals surface area contributed by atoms with Crippen LogP contribution in [0.25, 0.3) is 10.2 Å². The predicted octanol–water partition coefficient (Wildman–Crippen LogP) is 3.36. The summed E-state index contributed by atoms with van der Waals surface area (Å²) >= 11 is 5.16. The van der Waals surface area contributed by atoms with E-state index in [9.17, 15) is 0 Å². The Kier molecular flexibility index (Phi) is 3.47. The van der Waals surface area contributed by atoms with Gasteiger partial charge in [-0.05, 0) is 41.2 Å². The number of nitrogens with zero attached hydrogens (tertiary/aromatic N) is 4. The largest absolute Gasteiger partial charge is 0.372 e. The van der Waals surface area contributed by atoms with Crippen LogP contribution in [-0.2, 0) is 6.54 Å². The van der Waals surface area contributed by atoms with Crippen molar-refractivity contribution in [2.24, 2.45) is 0 Å². The van der Waals surface area contributed by atoms with Gasteiger partial charge in [-0.25, -0.2) is 9.97 Å². The van der Waals surface area contributed by atoms with Crippen molar-refractivity contribution in [2.45, 2.75) is 20.4 Å². The molecule has 0 saturated heterocycles. The summed E-state index contributed by atoms with van der Waals surface area (Å²) in [6, 6.07) is 2.04. The molecule has 0 fully saturated rings. The van der Waals surface area contributed by atoms with Crippen molar-refractivity contribution in [3.05, 3.63) is 33.1 Å². The van der Waals surface area contributed by atoms with Crippen LogP contribution in [-0.4, -0.2) is 26.8 Å². The van der Waals surface area contributed by atoms with E-state index in [4.69, 9.17) is 0 Å². The first-order valence-electron chi connectivity index (χ1n) is 6.21. The van der Waals surface area contributed by atoms with Gasteiger partial charge in [0.2, 0.25) is 0 Å². The number of aromatic nitrogens is 4. The number of hydrogen-bond donors (Lipinski definition) is 1. The van der Waals surface area contributed by atoms with E-state index in [1.807, 2.05) is 37.0 Å². The summed E-state index contributed by atoms with van der Waals surface area (Å²) < 4.78 is 2.97. The van der Waals surface area contributed by atoms with Gasteiger partial charge in [0.05, 0.1) is 21.2 Å². The van der Waals surface area contributed by atoms with Crippen LogP contribution in [0.2, 0.25) is 0 Å². The van der Waals surface area contributed by atoms with E-state index in [1.165, 1.54) is 0 Å². The Bertz CT molecular complexity index is 777. The highest BCUT2D eigenvalue weighted by Crippen LogP contribution is 2.25. The van der Waals surface area contributed by atoms with E-state index in [1.54, 1.807) is 11.3 Å². The van der Waals surface area contributed by atoms with Crippen LogP contribution < -0.4 is 5.32 Å². The molecule has 1 N–H and O–H groups in total. The molecule has 0 atom stereocenters. The van der Waals surface area contributed by atoms with Gasteiger partial charge < -0.3 is 5.32 Å². The molecule has 3 aromatic rings. The summed E-state index contributed by atoms with van der Waals surface area (Å²) in [5, 5.41) is 10.7. The monoisotopic (exact) mass is 351 g/mol. The molecule has 5 nitrogen and oxygen atoms in total. The average molecular weight is 352 g/mol. The van der Waals surface area contributed by atoms with E-state index >= 15 is 0 Å². The van der Waals surface area contributed by atoms with E-state index in [0.717, 1.165) is 37.7 Å². The highest BCUT2D eigenvalue weighted by Gasteiger charge is 2.12. The third kappa shape index (κ3) is 2.20. The van der Waals surface area contributed by atoms with Crippen molar-refractivity contribution in [1.82, 2.24) is 19.7 Å². The van der Waals surface area contributed by atoms with Gasteiger partial charge in [-0.3, -0.25) is 4.68 Å². The fraction of sp³-hybridized carbons (Fsp3) is 0.308. The number of halogens is 1. The van der Waals surface area contributed by atoms with Gasteiger partial charge in [-0.2, -0.15) is 5.10 Å². The van der Waals surface area contributed by atoms with E-state index < -0.39 is 0 Å². The summed E-state index contributed by atoms with van der Waals surface area (Å²) in [5.74, 6) is 1.63. The second-order valence-corrected chi connectivity index (χ2v) is 6.21. The Balaban J connectivity index is 2.04. The minimum absolute atomic E-state index is 0.570. The third-order valence-electron chi connectivity index (χ3n) is 3.19. The first-order chi connectivity index (χ1) is 9.60. The Hall–Kier alpha value is -1.47. The predicted molar refractivity (Wildman–Crippen MR) is 85.5 cm³/mol. The maximum absolute atomic E-state index is 4.61. The summed E-state index contributed by atoms with van der Waals surface area (Å²) in [5.41, 5.74) is 2.07. The normalized spacial score (nSPS) is 11.2. The molecule has 3 heterocycles. The Morgan fingerprint density at radius 2 is 2.15 bits per heavy atom. The SMILES string of the molecule is CNc1nc(Cn2nc(C)c(Br)c2C)nc2sccc12. The molecule has 0 bridgehead atoms. The molecule has 0 amide bonds. The van der Waals surface area contributed by atoms with Gasteiger partial charge in [-0.1, -0.05) is 0 Å². The third-order valence-corrected chi connectivity index (χ3v) is 5.15. The van der Waals surface area contributed by atoms with Crippen molar-refractivity contribution >= 4 is 43.3 Å². The Labute approximate surface area is 129 Å². The minimum atomic E-state index is 0.570. The van der Waals surface area contributed by atoms with Crippen molar-refractivity contribution in [3.63, 3.8) is 0 Å². The smallest absolute Gasteiger partial charge is 0.153 e. The van der Waals surface area contributed by atoms with Crippen LogP contribution in [0, 0.1) is 13.8 Å². The zero-order valence-electron chi connectivity index (χ0n) is 11.4. The Morgan fingerprint density at radius 1 is 1.35 bits per heavy atom. The Morgan fingerprint density at radius 3 is 2.80 bits per heavy atom. The van der Waals surface area contributed by atoms with E-state index in [-0.39, 0.29) is 0 Å². The summed E-state index contributed by atoms with van der Waals surface area (Å²) in [7, 11) is 1.88. The molecule has 0 unspecified atom stereocenters. The minimum Gasteiger partial charge on any atom is -0.372 e. The van der Waals surface area contributed by atoms with Gasteiger partial charge in [0.1, 0.15) is 17.2 Å². The van der Waals surface area contributed by atoms with Gasteiger partial charge >= 0.3 is 0 Å². The fourth-order valence-corrected chi connectivity index (χ4v) is 3.19. The van der Waals surface area contributed by atoms with Crippen molar-refractivity contribution in [1.29, 1.82) is 0 Å². The lowest BCUT2D eigenvalue weighted by atomic mass is 10.3. The highest BCUT2D eigenvalue weighted by atomic mass is 79.9. The highest BCUT2D eigenvalue weighted by molar-refractivity contribution is 9.10. The maximum atomic E-state index is 4.61. The lowest BCUT2D eigenvalue weighted by Gasteiger charge is -2.07. The van der Waals surface area contributed by atoms with Crippen LogP contribution >= 0.6 is 27.3 Å². The number of thiophene rings is 1. The number of rotatable bonds is 3. The topological polar surface area (TPSA) is 55.6 Å². The van der Waals surface area contributed by atoms with Crippen LogP contribution in [0.4, 0.5) is 5.82 Å². The fourth-order valence-electron chi connectivity index (χ4n) is 2.12. The molecular formula is C13H14BrN5S. The van der Waals surface area contributed by atoms with Crippen molar-refractivity contribution in [3.8, 4) is 0 Å². The quantitative estimate of drug-likeness (QED) is 0.785. The molecule has 7 heteroatoms. The summed E-state index contributed by atoms with van der Waals surface area (Å²) in [4.78, 5) is 10.2. The maximum Gasteiger partial charge on any atom is 0.153 e. The molecule has 0 radical (unpaired) electrons. The summed E-state index contributed by atoms with van der Waals surface area (Å²) in [6.45, 7) is 4.59. The van der Waals surface area contributed by atoms with Gasteiger partial charge in [0.25, 0.3) is 0 Å². The zero-order valence-corrected chi connectivity index (χ0v) is 13.8. The summed E-state index contributed by atoms with van der Waals surface area (Å²) in [6.07, 6.45) is 0. The molecule has 0 spiro atoms. The molecule has 3 aromatic heterocycles. The van der Waals surface area contributed by atoms with Crippen molar-refractivity contribution < 1.29 is 0 Å². The first-order valence-corrected chi connectivity index (χ1v) is 7.88. The van der Waals surface area contributed by atoms with Crippen molar-refractivity contribution in [2.75, 3.05) is 12.4 Å². The van der Waals surface area contributed by atoms with Crippen LogP contribution in [0.5, 0.6) is 0 Å². The standard InChI is InChI=1S/C13H14BrN5S/c1-7-11(14)8(2)19(18-7)6-10-16-12(15-3)9-4-5-20-13(9)17-10/h4-5H,6H2,1-3H3,(H,15,16,17). The molecule has 0 aliphatic heterocycles. The number of hydrogen-bond acceptors (Lipinski definition) is 5. The first kappa shape index (κ1) is 13.5. The van der Waals surface area contributed by atoms with Gasteiger partial charge in [0, 0.05) is 7.05 Å². The molecule has 0 aliphatic carbocycles. The van der Waals surface area contributed by atoms with E-state index in [0.29, 0.717) is 6.54 Å². The molecule has 20 heavy (non-hydrogen) atoms. The van der Waals surface area contributed by atoms with E-state index in [2.05, 4.69) is 36.3 Å². The lowest BCUT2D eigenvalue weighted by molar-refractivity contribution is 0.634. The second-order valence-electron chi connectivity index (χ2n) is 4.52. The molecule has 0 saturated carbocycles. The van der Waals surface area contributed by atoms with Crippen LogP contribution in [0.15, 0.2) is 15.9 Å². The second kappa shape index (κ2) is 5.14. The molecule has 0 aliphatic rings.